The first kappa shape index (κ1) is 15.0. The topological polar surface area (TPSA) is 66.2 Å². The molecule has 0 saturated carbocycles. The van der Waals surface area contributed by atoms with Crippen molar-refractivity contribution in [3.63, 3.8) is 0 Å². The molecular weight excluding hydrogens is 297 g/mol. The summed E-state index contributed by atoms with van der Waals surface area (Å²) in [6.45, 7) is 1.01. The number of halogens is 1. The van der Waals surface area contributed by atoms with Crippen LogP contribution in [0.25, 0.3) is 0 Å². The molecule has 1 aromatic carbocycles. The van der Waals surface area contributed by atoms with Gasteiger partial charge in [-0.2, -0.15) is 5.26 Å². The normalized spacial score (nSPS) is 16.9. The maximum atomic E-state index is 12.9. The van der Waals surface area contributed by atoms with Gasteiger partial charge in [0.25, 0.3) is 5.91 Å². The molecule has 1 fully saturated rings. The minimum atomic E-state index is -0.368. The molecule has 6 heteroatoms. The minimum absolute atomic E-state index is 0.144. The molecule has 1 aliphatic rings. The Balaban J connectivity index is 1.63. The SMILES string of the molecule is N#Cc1ccnc(OC2CCN(C(=O)c3ccc(F)cc3)C2)c1. The van der Waals surface area contributed by atoms with Gasteiger partial charge in [-0.05, 0) is 30.3 Å². The van der Waals surface area contributed by atoms with Crippen LogP contribution < -0.4 is 4.74 Å². The summed E-state index contributed by atoms with van der Waals surface area (Å²) >= 11 is 0. The van der Waals surface area contributed by atoms with Gasteiger partial charge in [0.2, 0.25) is 5.88 Å². The van der Waals surface area contributed by atoms with Gasteiger partial charge >= 0.3 is 0 Å². The van der Waals surface area contributed by atoms with Gasteiger partial charge in [0.15, 0.2) is 0 Å². The largest absolute Gasteiger partial charge is 0.472 e. The van der Waals surface area contributed by atoms with Crippen LogP contribution >= 0.6 is 0 Å². The smallest absolute Gasteiger partial charge is 0.253 e. The van der Waals surface area contributed by atoms with Crippen LogP contribution in [-0.2, 0) is 0 Å². The Morgan fingerprint density at radius 1 is 1.35 bits per heavy atom. The number of hydrogen-bond acceptors (Lipinski definition) is 4. The lowest BCUT2D eigenvalue weighted by Crippen LogP contribution is -2.31. The Bertz CT molecular complexity index is 755. The van der Waals surface area contributed by atoms with E-state index < -0.39 is 0 Å². The van der Waals surface area contributed by atoms with Crippen LogP contribution in [0, 0.1) is 17.1 Å². The van der Waals surface area contributed by atoms with Crippen LogP contribution in [0.4, 0.5) is 4.39 Å². The van der Waals surface area contributed by atoms with E-state index in [0.717, 1.165) is 0 Å². The third-order valence-corrected chi connectivity index (χ3v) is 3.67. The first-order valence-electron chi connectivity index (χ1n) is 7.23. The standard InChI is InChI=1S/C17H14FN3O2/c18-14-3-1-13(2-4-14)17(22)21-8-6-15(11-21)23-16-9-12(10-19)5-7-20-16/h1-5,7,9,15H,6,8,11H2. The molecule has 0 N–H and O–H groups in total. The van der Waals surface area contributed by atoms with Crippen molar-refractivity contribution in [2.24, 2.45) is 0 Å². The van der Waals surface area contributed by atoms with Crippen molar-refractivity contribution in [3.05, 3.63) is 59.5 Å². The van der Waals surface area contributed by atoms with Crippen molar-refractivity contribution in [1.82, 2.24) is 9.88 Å². The molecular formula is C17H14FN3O2. The summed E-state index contributed by atoms with van der Waals surface area (Å²) in [4.78, 5) is 18.1. The minimum Gasteiger partial charge on any atom is -0.472 e. The Kier molecular flexibility index (Phi) is 4.20. The summed E-state index contributed by atoms with van der Waals surface area (Å²) in [5.74, 6) is -0.132. The number of carbonyl (C=O) groups is 1. The van der Waals surface area contributed by atoms with Crippen LogP contribution in [0.1, 0.15) is 22.3 Å². The zero-order valence-electron chi connectivity index (χ0n) is 12.3. The van der Waals surface area contributed by atoms with E-state index in [1.54, 1.807) is 17.0 Å². The highest BCUT2D eigenvalue weighted by Gasteiger charge is 2.28. The maximum Gasteiger partial charge on any atom is 0.253 e. The third-order valence-electron chi connectivity index (χ3n) is 3.67. The molecule has 1 atom stereocenters. The van der Waals surface area contributed by atoms with E-state index in [4.69, 9.17) is 10.00 Å². The maximum absolute atomic E-state index is 12.9. The first-order chi connectivity index (χ1) is 11.2. The number of aromatic nitrogens is 1. The predicted molar refractivity (Wildman–Crippen MR) is 80.3 cm³/mol. The van der Waals surface area contributed by atoms with Crippen molar-refractivity contribution in [2.75, 3.05) is 13.1 Å². The number of rotatable bonds is 3. The fourth-order valence-electron chi connectivity index (χ4n) is 2.50. The average molecular weight is 311 g/mol. The molecule has 1 amide bonds. The van der Waals surface area contributed by atoms with Crippen molar-refractivity contribution in [3.8, 4) is 11.9 Å². The number of amides is 1. The molecule has 0 radical (unpaired) electrons. The number of hydrogen-bond donors (Lipinski definition) is 0. The Labute approximate surface area is 132 Å². The van der Waals surface area contributed by atoms with Gasteiger partial charge in [-0.15, -0.1) is 0 Å². The van der Waals surface area contributed by atoms with Gasteiger partial charge in [-0.1, -0.05) is 0 Å². The number of pyridine rings is 1. The summed E-state index contributed by atoms with van der Waals surface area (Å²) in [5.41, 5.74) is 0.934. The van der Waals surface area contributed by atoms with Crippen LogP contribution in [0.5, 0.6) is 5.88 Å². The lowest BCUT2D eigenvalue weighted by Gasteiger charge is -2.17. The number of carbonyl (C=O) groups excluding carboxylic acids is 1. The average Bonchev–Trinajstić information content (AvgIpc) is 3.03. The highest BCUT2D eigenvalue weighted by molar-refractivity contribution is 5.94. The number of likely N-dealkylation sites (tertiary alicyclic amines) is 1. The van der Waals surface area contributed by atoms with Crippen LogP contribution in [-0.4, -0.2) is 35.0 Å². The lowest BCUT2D eigenvalue weighted by molar-refractivity contribution is 0.0771. The second-order valence-electron chi connectivity index (χ2n) is 5.28. The number of nitriles is 1. The van der Waals surface area contributed by atoms with Gasteiger partial charge in [-0.3, -0.25) is 4.79 Å². The molecule has 2 aromatic rings. The van der Waals surface area contributed by atoms with Crippen LogP contribution in [0.15, 0.2) is 42.6 Å². The van der Waals surface area contributed by atoms with Crippen molar-refractivity contribution >= 4 is 5.91 Å². The van der Waals surface area contributed by atoms with Crippen LogP contribution in [0.3, 0.4) is 0 Å². The van der Waals surface area contributed by atoms with Crippen molar-refractivity contribution in [2.45, 2.75) is 12.5 Å². The Hall–Kier alpha value is -2.94. The summed E-state index contributed by atoms with van der Waals surface area (Å²) in [6, 6.07) is 10.7. The van der Waals surface area contributed by atoms with Crippen LogP contribution in [0.2, 0.25) is 0 Å². The van der Waals surface area contributed by atoms with E-state index in [1.165, 1.54) is 30.5 Å². The van der Waals surface area contributed by atoms with Gasteiger partial charge in [0.1, 0.15) is 11.9 Å². The second kappa shape index (κ2) is 6.44. The number of ether oxygens (including phenoxy) is 1. The number of nitrogens with zero attached hydrogens (tertiary/aromatic N) is 3. The Morgan fingerprint density at radius 2 is 2.13 bits per heavy atom. The van der Waals surface area contributed by atoms with Gasteiger partial charge in [-0.25, -0.2) is 9.37 Å². The summed E-state index contributed by atoms with van der Waals surface area (Å²) in [5, 5.41) is 8.87. The highest BCUT2D eigenvalue weighted by Crippen LogP contribution is 2.19. The Morgan fingerprint density at radius 3 is 2.87 bits per heavy atom. The predicted octanol–water partition coefficient (Wildman–Crippen LogP) is 2.39. The lowest BCUT2D eigenvalue weighted by atomic mass is 10.2. The summed E-state index contributed by atoms with van der Waals surface area (Å²) < 4.78 is 18.7. The van der Waals surface area contributed by atoms with E-state index in [1.807, 2.05) is 6.07 Å². The molecule has 116 valence electrons. The monoisotopic (exact) mass is 311 g/mol. The van der Waals surface area contributed by atoms with Gasteiger partial charge in [0, 0.05) is 30.8 Å². The zero-order chi connectivity index (χ0) is 16.2. The van der Waals surface area contributed by atoms with E-state index in [-0.39, 0.29) is 17.8 Å². The molecule has 3 rings (SSSR count). The highest BCUT2D eigenvalue weighted by atomic mass is 19.1. The fourth-order valence-corrected chi connectivity index (χ4v) is 2.50. The fraction of sp³-hybridized carbons (Fsp3) is 0.235. The van der Waals surface area contributed by atoms with E-state index in [0.29, 0.717) is 36.5 Å². The molecule has 5 nitrogen and oxygen atoms in total. The molecule has 1 aromatic heterocycles. The zero-order valence-corrected chi connectivity index (χ0v) is 12.3. The van der Waals surface area contributed by atoms with Gasteiger partial charge < -0.3 is 9.64 Å². The quantitative estimate of drug-likeness (QED) is 0.873. The molecule has 0 bridgehead atoms. The molecule has 0 aliphatic carbocycles. The molecule has 1 unspecified atom stereocenters. The molecule has 23 heavy (non-hydrogen) atoms. The van der Waals surface area contributed by atoms with E-state index in [9.17, 15) is 9.18 Å². The number of benzene rings is 1. The molecule has 1 saturated heterocycles. The second-order valence-corrected chi connectivity index (χ2v) is 5.28. The van der Waals surface area contributed by atoms with Gasteiger partial charge in [0.05, 0.1) is 18.2 Å². The van der Waals surface area contributed by atoms with Crippen molar-refractivity contribution in [1.29, 1.82) is 5.26 Å². The molecule has 2 heterocycles. The summed E-state index contributed by atoms with van der Waals surface area (Å²) in [6.07, 6.45) is 2.04. The molecule has 0 spiro atoms. The van der Waals surface area contributed by atoms with E-state index in [2.05, 4.69) is 4.98 Å². The van der Waals surface area contributed by atoms with E-state index >= 15 is 0 Å². The van der Waals surface area contributed by atoms with Crippen molar-refractivity contribution < 1.29 is 13.9 Å². The first-order valence-corrected chi connectivity index (χ1v) is 7.23. The molecule has 1 aliphatic heterocycles. The third kappa shape index (κ3) is 3.46. The summed E-state index contributed by atoms with van der Waals surface area (Å²) in [7, 11) is 0.